The second kappa shape index (κ2) is 8.80. The summed E-state index contributed by atoms with van der Waals surface area (Å²) in [6.07, 6.45) is 14.8. The van der Waals surface area contributed by atoms with Crippen molar-refractivity contribution in [2.45, 2.75) is 83.8 Å². The maximum absolute atomic E-state index is 10.4. The molecule has 4 nitrogen and oxygen atoms in total. The van der Waals surface area contributed by atoms with Gasteiger partial charge in [-0.05, 0) is 104 Å². The minimum absolute atomic E-state index is 0.124. The third-order valence-electron chi connectivity index (χ3n) is 11.5. The van der Waals surface area contributed by atoms with E-state index in [1.807, 2.05) is 12.3 Å². The third-order valence-corrected chi connectivity index (χ3v) is 11.5. The summed E-state index contributed by atoms with van der Waals surface area (Å²) in [5, 5.41) is 18.0. The fourth-order valence-electron chi connectivity index (χ4n) is 9.56. The quantitative estimate of drug-likeness (QED) is 0.454. The summed E-state index contributed by atoms with van der Waals surface area (Å²) in [5.41, 5.74) is 5.89. The molecule has 2 heterocycles. The maximum atomic E-state index is 10.4. The second-order valence-corrected chi connectivity index (χ2v) is 13.1. The number of hydrazone groups is 1. The van der Waals surface area contributed by atoms with Gasteiger partial charge in [-0.25, -0.2) is 0 Å². The van der Waals surface area contributed by atoms with Gasteiger partial charge in [0.2, 0.25) is 0 Å². The van der Waals surface area contributed by atoms with Gasteiger partial charge in [0, 0.05) is 24.2 Å². The molecule has 1 aromatic carbocycles. The van der Waals surface area contributed by atoms with Crippen molar-refractivity contribution < 1.29 is 5.11 Å². The van der Waals surface area contributed by atoms with E-state index in [-0.39, 0.29) is 12.1 Å². The summed E-state index contributed by atoms with van der Waals surface area (Å²) in [4.78, 5) is 4.76. The standard InChI is InChI=1S/C33H41N3O/c1-32-17-15-24(37)20-22(32)11-12-25-26-13-14-28(33(26,2)18-16-27(25)32)30-21-31(29-10-6-7-19-34-29)36(35-30)23-8-4-3-5-9-23/h3-11,19,24-28,31,37H,12-18,20-21H2,1-2H3/t24-,25-,26-,27-,28+,31?,32-,33-/m0/s1. The minimum atomic E-state index is -0.124. The molecule has 5 aliphatic rings. The number of anilines is 1. The highest BCUT2D eigenvalue weighted by Crippen LogP contribution is 2.66. The molecule has 0 spiro atoms. The van der Waals surface area contributed by atoms with Crippen molar-refractivity contribution in [3.05, 3.63) is 72.1 Å². The molecular formula is C33H41N3O. The molecule has 4 aliphatic carbocycles. The lowest BCUT2D eigenvalue weighted by atomic mass is 9.47. The van der Waals surface area contributed by atoms with Gasteiger partial charge in [-0.3, -0.25) is 9.99 Å². The number of hydrogen-bond donors (Lipinski definition) is 1. The molecule has 1 unspecified atom stereocenters. The highest BCUT2D eigenvalue weighted by Gasteiger charge is 2.59. The molecular weight excluding hydrogens is 454 g/mol. The van der Waals surface area contributed by atoms with Crippen molar-refractivity contribution in [2.24, 2.45) is 39.6 Å². The lowest BCUT2D eigenvalue weighted by Crippen LogP contribution is -2.51. The smallest absolute Gasteiger partial charge is 0.0998 e. The van der Waals surface area contributed by atoms with Gasteiger partial charge < -0.3 is 5.11 Å². The number of aliphatic hydroxyl groups is 1. The largest absolute Gasteiger partial charge is 0.393 e. The summed E-state index contributed by atoms with van der Waals surface area (Å²) in [6, 6.07) is 17.1. The fourth-order valence-corrected chi connectivity index (χ4v) is 9.56. The van der Waals surface area contributed by atoms with Crippen molar-refractivity contribution in [1.29, 1.82) is 0 Å². The Morgan fingerprint density at radius 1 is 0.892 bits per heavy atom. The number of para-hydroxylation sites is 1. The average molecular weight is 496 g/mol. The first-order valence-electron chi connectivity index (χ1n) is 14.7. The number of benzene rings is 1. The van der Waals surface area contributed by atoms with Crippen LogP contribution < -0.4 is 5.01 Å². The Bertz CT molecular complexity index is 1210. The molecule has 1 aromatic heterocycles. The Morgan fingerprint density at radius 3 is 2.54 bits per heavy atom. The first kappa shape index (κ1) is 23.6. The number of pyridine rings is 1. The lowest BCUT2D eigenvalue weighted by molar-refractivity contribution is -0.0424. The molecule has 3 saturated carbocycles. The summed E-state index contributed by atoms with van der Waals surface area (Å²) in [5.74, 6) is 2.90. The van der Waals surface area contributed by atoms with Gasteiger partial charge in [0.1, 0.15) is 0 Å². The number of nitrogens with zero attached hydrogens (tertiary/aromatic N) is 3. The Morgan fingerprint density at radius 2 is 1.73 bits per heavy atom. The van der Waals surface area contributed by atoms with E-state index in [0.717, 1.165) is 48.4 Å². The number of rotatable bonds is 3. The van der Waals surface area contributed by atoms with E-state index in [0.29, 0.717) is 16.7 Å². The van der Waals surface area contributed by atoms with Crippen molar-refractivity contribution in [2.75, 3.05) is 5.01 Å². The zero-order valence-corrected chi connectivity index (χ0v) is 22.4. The normalized spacial score (nSPS) is 40.9. The summed E-state index contributed by atoms with van der Waals surface area (Å²) >= 11 is 0. The molecule has 4 heteroatoms. The summed E-state index contributed by atoms with van der Waals surface area (Å²) in [7, 11) is 0. The van der Waals surface area contributed by atoms with E-state index in [1.165, 1.54) is 44.2 Å². The van der Waals surface area contributed by atoms with Crippen molar-refractivity contribution in [1.82, 2.24) is 4.98 Å². The fraction of sp³-hybridized carbons (Fsp3) is 0.576. The third kappa shape index (κ3) is 3.66. The molecule has 0 amide bonds. The SMILES string of the molecule is C[C@]12CC[C@H]3[C@@H](CC=C4C[C@@H](O)CC[C@@]43C)[C@@H]1CC[C@@H]2C1=NN(c2ccccc2)C(c2ccccn2)C1. The van der Waals surface area contributed by atoms with Gasteiger partial charge >= 0.3 is 0 Å². The zero-order valence-electron chi connectivity index (χ0n) is 22.4. The summed E-state index contributed by atoms with van der Waals surface area (Å²) < 4.78 is 0. The van der Waals surface area contributed by atoms with E-state index < -0.39 is 0 Å². The number of aliphatic hydroxyl groups excluding tert-OH is 1. The first-order valence-corrected chi connectivity index (χ1v) is 14.7. The highest BCUT2D eigenvalue weighted by molar-refractivity contribution is 5.92. The van der Waals surface area contributed by atoms with Crippen LogP contribution in [0.15, 0.2) is 71.5 Å². The Hall–Kier alpha value is -2.46. The van der Waals surface area contributed by atoms with Crippen LogP contribution in [0.4, 0.5) is 5.69 Å². The van der Waals surface area contributed by atoms with Crippen LogP contribution in [0.25, 0.3) is 0 Å². The molecule has 0 bridgehead atoms. The maximum Gasteiger partial charge on any atom is 0.0998 e. The monoisotopic (exact) mass is 495 g/mol. The molecule has 7 rings (SSSR count). The van der Waals surface area contributed by atoms with Gasteiger partial charge in [0.15, 0.2) is 0 Å². The van der Waals surface area contributed by atoms with E-state index in [4.69, 9.17) is 10.1 Å². The van der Waals surface area contributed by atoms with Crippen molar-refractivity contribution in [3.63, 3.8) is 0 Å². The van der Waals surface area contributed by atoms with Crippen molar-refractivity contribution in [3.8, 4) is 0 Å². The van der Waals surface area contributed by atoms with Crippen LogP contribution in [-0.4, -0.2) is 21.9 Å². The van der Waals surface area contributed by atoms with Gasteiger partial charge in [0.05, 0.1) is 23.5 Å². The molecule has 37 heavy (non-hydrogen) atoms. The van der Waals surface area contributed by atoms with Crippen molar-refractivity contribution >= 4 is 11.4 Å². The van der Waals surface area contributed by atoms with Gasteiger partial charge in [-0.15, -0.1) is 0 Å². The van der Waals surface area contributed by atoms with Gasteiger partial charge in [-0.2, -0.15) is 5.10 Å². The number of hydrogen-bond acceptors (Lipinski definition) is 4. The molecule has 2 aromatic rings. The molecule has 194 valence electrons. The first-order chi connectivity index (χ1) is 18.0. The number of aromatic nitrogens is 1. The zero-order chi connectivity index (χ0) is 25.2. The molecule has 3 fully saturated rings. The lowest BCUT2D eigenvalue weighted by Gasteiger charge is -2.58. The predicted octanol–water partition coefficient (Wildman–Crippen LogP) is 7.33. The Labute approximate surface area is 221 Å². The van der Waals surface area contributed by atoms with E-state index >= 15 is 0 Å². The minimum Gasteiger partial charge on any atom is -0.393 e. The Balaban J connectivity index is 1.19. The van der Waals surface area contributed by atoms with E-state index in [1.54, 1.807) is 5.57 Å². The van der Waals surface area contributed by atoms with Gasteiger partial charge in [0.25, 0.3) is 0 Å². The van der Waals surface area contributed by atoms with Crippen LogP contribution in [0, 0.1) is 34.5 Å². The number of allylic oxidation sites excluding steroid dienone is 1. The topological polar surface area (TPSA) is 48.7 Å². The second-order valence-electron chi connectivity index (χ2n) is 13.1. The van der Waals surface area contributed by atoms with Gasteiger partial charge in [-0.1, -0.05) is 49.8 Å². The highest BCUT2D eigenvalue weighted by atomic mass is 16.3. The van der Waals surface area contributed by atoms with E-state index in [2.05, 4.69) is 67.4 Å². The van der Waals surface area contributed by atoms with Crippen LogP contribution in [0.5, 0.6) is 0 Å². The number of fused-ring (bicyclic) bond motifs is 5. The van der Waals surface area contributed by atoms with E-state index in [9.17, 15) is 5.11 Å². The average Bonchev–Trinajstić information content (AvgIpc) is 3.51. The van der Waals surface area contributed by atoms with Crippen LogP contribution in [0.1, 0.15) is 83.4 Å². The summed E-state index contributed by atoms with van der Waals surface area (Å²) in [6.45, 7) is 5.15. The molecule has 0 radical (unpaired) electrons. The molecule has 8 atom stereocenters. The van der Waals surface area contributed by atoms with Crippen LogP contribution in [0.2, 0.25) is 0 Å². The predicted molar refractivity (Wildman–Crippen MR) is 149 cm³/mol. The molecule has 1 aliphatic heterocycles. The van der Waals surface area contributed by atoms with Crippen LogP contribution in [0.3, 0.4) is 0 Å². The molecule has 1 N–H and O–H groups in total. The Kier molecular flexibility index (Phi) is 5.62. The molecule has 0 saturated heterocycles. The van der Waals surface area contributed by atoms with Crippen LogP contribution in [-0.2, 0) is 0 Å². The van der Waals surface area contributed by atoms with Crippen LogP contribution >= 0.6 is 0 Å².